The summed E-state index contributed by atoms with van der Waals surface area (Å²) in [5.74, 6) is -1.21. The Morgan fingerprint density at radius 2 is 1.55 bits per heavy atom. The van der Waals surface area contributed by atoms with Gasteiger partial charge in [0, 0.05) is 18.7 Å². The van der Waals surface area contributed by atoms with Crippen molar-refractivity contribution in [3.05, 3.63) is 90.2 Å². The number of benzene rings is 3. The summed E-state index contributed by atoms with van der Waals surface area (Å²) in [5, 5.41) is 0. The maximum absolute atomic E-state index is 14.1. The molecule has 0 N–H and O–H groups in total. The van der Waals surface area contributed by atoms with Crippen LogP contribution in [0.3, 0.4) is 0 Å². The van der Waals surface area contributed by atoms with Crippen molar-refractivity contribution in [3.63, 3.8) is 0 Å². The molecule has 29 heavy (non-hydrogen) atoms. The Labute approximate surface area is 169 Å². The molecule has 1 saturated heterocycles. The number of piperazine rings is 1. The van der Waals surface area contributed by atoms with E-state index in [0.29, 0.717) is 13.1 Å². The van der Waals surface area contributed by atoms with Gasteiger partial charge in [0.25, 0.3) is 5.91 Å². The molecule has 0 spiro atoms. The van der Waals surface area contributed by atoms with Gasteiger partial charge in [-0.05, 0) is 30.7 Å². The molecule has 1 aliphatic heterocycles. The quantitative estimate of drug-likeness (QED) is 0.669. The molecule has 2 amide bonds. The van der Waals surface area contributed by atoms with Crippen LogP contribution in [0.4, 0.5) is 10.1 Å². The van der Waals surface area contributed by atoms with Crippen LogP contribution in [0.15, 0.2) is 78.9 Å². The Kier molecular flexibility index (Phi) is 5.12. The zero-order chi connectivity index (χ0) is 20.4. The van der Waals surface area contributed by atoms with E-state index in [4.69, 9.17) is 0 Å². The second-order valence-corrected chi connectivity index (χ2v) is 7.03. The zero-order valence-corrected chi connectivity index (χ0v) is 16.1. The number of carbonyl (C=O) groups is 2. The predicted molar refractivity (Wildman–Crippen MR) is 111 cm³/mol. The Hall–Kier alpha value is -3.47. The molecular weight excluding hydrogens is 367 g/mol. The topological polar surface area (TPSA) is 40.6 Å². The SMILES string of the molecule is CC1C(=O)N(c2ccccc2-c2ccccc2)CCN1C(=O)c1ccccc1F. The van der Waals surface area contributed by atoms with Crippen LogP contribution in [-0.2, 0) is 4.79 Å². The van der Waals surface area contributed by atoms with Crippen molar-refractivity contribution in [2.45, 2.75) is 13.0 Å². The third-order valence-corrected chi connectivity index (χ3v) is 5.30. The highest BCUT2D eigenvalue weighted by Gasteiger charge is 2.36. The highest BCUT2D eigenvalue weighted by molar-refractivity contribution is 6.05. The van der Waals surface area contributed by atoms with Crippen molar-refractivity contribution in [1.29, 1.82) is 0 Å². The van der Waals surface area contributed by atoms with Gasteiger partial charge in [0.1, 0.15) is 11.9 Å². The molecule has 1 unspecified atom stereocenters. The molecule has 5 heteroatoms. The summed E-state index contributed by atoms with van der Waals surface area (Å²) in [7, 11) is 0. The molecule has 4 rings (SSSR count). The largest absolute Gasteiger partial charge is 0.325 e. The standard InChI is InChI=1S/C24H21FN2O2/c1-17-23(28)27(16-15-26(17)24(29)20-12-5-7-13-21(20)25)22-14-8-6-11-19(22)18-9-3-2-4-10-18/h2-14,17H,15-16H2,1H3. The van der Waals surface area contributed by atoms with Gasteiger partial charge in [-0.3, -0.25) is 9.59 Å². The molecule has 1 aliphatic rings. The van der Waals surface area contributed by atoms with E-state index in [1.54, 1.807) is 24.0 Å². The summed E-state index contributed by atoms with van der Waals surface area (Å²) < 4.78 is 14.1. The minimum atomic E-state index is -0.681. The number of anilines is 1. The second kappa shape index (κ2) is 7.87. The lowest BCUT2D eigenvalue weighted by Gasteiger charge is -2.39. The first-order valence-electron chi connectivity index (χ1n) is 9.59. The summed E-state index contributed by atoms with van der Waals surface area (Å²) in [6.45, 7) is 2.38. The molecule has 3 aromatic rings. The van der Waals surface area contributed by atoms with E-state index < -0.39 is 17.8 Å². The predicted octanol–water partition coefficient (Wildman–Crippen LogP) is 4.37. The van der Waals surface area contributed by atoms with Crippen molar-refractivity contribution in [2.75, 3.05) is 18.0 Å². The molecule has 0 aromatic heterocycles. The van der Waals surface area contributed by atoms with Crippen molar-refractivity contribution >= 4 is 17.5 Å². The monoisotopic (exact) mass is 388 g/mol. The third kappa shape index (κ3) is 3.51. The molecule has 3 aromatic carbocycles. The van der Waals surface area contributed by atoms with E-state index >= 15 is 0 Å². The molecule has 0 radical (unpaired) electrons. The number of amides is 2. The van der Waals surface area contributed by atoms with Crippen molar-refractivity contribution in [1.82, 2.24) is 4.90 Å². The van der Waals surface area contributed by atoms with Gasteiger partial charge in [-0.25, -0.2) is 4.39 Å². The number of rotatable bonds is 3. The van der Waals surface area contributed by atoms with Gasteiger partial charge in [0.15, 0.2) is 0 Å². The van der Waals surface area contributed by atoms with Crippen LogP contribution >= 0.6 is 0 Å². The highest BCUT2D eigenvalue weighted by Crippen LogP contribution is 2.32. The van der Waals surface area contributed by atoms with Crippen LogP contribution in [0.1, 0.15) is 17.3 Å². The Morgan fingerprint density at radius 3 is 2.31 bits per heavy atom. The molecular formula is C24H21FN2O2. The fourth-order valence-electron chi connectivity index (χ4n) is 3.75. The van der Waals surface area contributed by atoms with Gasteiger partial charge in [-0.15, -0.1) is 0 Å². The number of para-hydroxylation sites is 1. The van der Waals surface area contributed by atoms with Gasteiger partial charge in [-0.2, -0.15) is 0 Å². The van der Waals surface area contributed by atoms with Gasteiger partial charge < -0.3 is 9.80 Å². The maximum atomic E-state index is 14.1. The van der Waals surface area contributed by atoms with E-state index in [9.17, 15) is 14.0 Å². The Bertz CT molecular complexity index is 1050. The minimum absolute atomic E-state index is 0.00899. The van der Waals surface area contributed by atoms with E-state index in [-0.39, 0.29) is 11.5 Å². The molecule has 4 nitrogen and oxygen atoms in total. The van der Waals surface area contributed by atoms with E-state index in [0.717, 1.165) is 16.8 Å². The molecule has 1 fully saturated rings. The lowest BCUT2D eigenvalue weighted by Crippen LogP contribution is -2.58. The first-order valence-corrected chi connectivity index (χ1v) is 9.59. The van der Waals surface area contributed by atoms with E-state index in [1.165, 1.54) is 17.0 Å². The number of hydrogen-bond acceptors (Lipinski definition) is 2. The van der Waals surface area contributed by atoms with E-state index in [1.807, 2.05) is 54.6 Å². The first kappa shape index (κ1) is 18.9. The van der Waals surface area contributed by atoms with Crippen molar-refractivity contribution < 1.29 is 14.0 Å². The number of hydrogen-bond donors (Lipinski definition) is 0. The number of carbonyl (C=O) groups excluding carboxylic acids is 2. The molecule has 0 bridgehead atoms. The Balaban J connectivity index is 1.62. The fourth-order valence-corrected chi connectivity index (χ4v) is 3.75. The van der Waals surface area contributed by atoms with Crippen LogP contribution in [0.2, 0.25) is 0 Å². The average molecular weight is 388 g/mol. The van der Waals surface area contributed by atoms with Crippen LogP contribution < -0.4 is 4.90 Å². The summed E-state index contributed by atoms with van der Waals surface area (Å²) in [4.78, 5) is 29.2. The Morgan fingerprint density at radius 1 is 0.897 bits per heavy atom. The molecule has 0 saturated carbocycles. The molecule has 1 heterocycles. The zero-order valence-electron chi connectivity index (χ0n) is 16.1. The number of halogens is 1. The maximum Gasteiger partial charge on any atom is 0.257 e. The van der Waals surface area contributed by atoms with Crippen LogP contribution in [0, 0.1) is 5.82 Å². The van der Waals surface area contributed by atoms with Crippen molar-refractivity contribution in [2.24, 2.45) is 0 Å². The smallest absolute Gasteiger partial charge is 0.257 e. The first-order chi connectivity index (χ1) is 14.1. The highest BCUT2D eigenvalue weighted by atomic mass is 19.1. The van der Waals surface area contributed by atoms with Crippen LogP contribution in [-0.4, -0.2) is 35.8 Å². The van der Waals surface area contributed by atoms with Crippen LogP contribution in [0.25, 0.3) is 11.1 Å². The normalized spacial score (nSPS) is 16.8. The molecule has 146 valence electrons. The summed E-state index contributed by atoms with van der Waals surface area (Å²) in [6, 6.07) is 22.8. The third-order valence-electron chi connectivity index (χ3n) is 5.30. The van der Waals surface area contributed by atoms with Gasteiger partial charge in [-0.1, -0.05) is 60.7 Å². The fraction of sp³-hybridized carbons (Fsp3) is 0.167. The number of nitrogens with zero attached hydrogens (tertiary/aromatic N) is 2. The van der Waals surface area contributed by atoms with Gasteiger partial charge in [0.2, 0.25) is 5.91 Å². The summed E-state index contributed by atoms with van der Waals surface area (Å²) in [5.41, 5.74) is 2.79. The van der Waals surface area contributed by atoms with Gasteiger partial charge in [0.05, 0.1) is 11.3 Å². The molecule has 1 atom stereocenters. The van der Waals surface area contributed by atoms with Crippen LogP contribution in [0.5, 0.6) is 0 Å². The van der Waals surface area contributed by atoms with E-state index in [2.05, 4.69) is 0 Å². The summed E-state index contributed by atoms with van der Waals surface area (Å²) >= 11 is 0. The minimum Gasteiger partial charge on any atom is -0.325 e. The average Bonchev–Trinajstić information content (AvgIpc) is 2.76. The molecule has 0 aliphatic carbocycles. The second-order valence-electron chi connectivity index (χ2n) is 7.03. The lowest BCUT2D eigenvalue weighted by atomic mass is 10.0. The lowest BCUT2D eigenvalue weighted by molar-refractivity contribution is -0.124. The summed E-state index contributed by atoms with van der Waals surface area (Å²) in [6.07, 6.45) is 0. The van der Waals surface area contributed by atoms with Gasteiger partial charge >= 0.3 is 0 Å². The van der Waals surface area contributed by atoms with Crippen molar-refractivity contribution in [3.8, 4) is 11.1 Å².